The summed E-state index contributed by atoms with van der Waals surface area (Å²) in [5.41, 5.74) is 8.94. The van der Waals surface area contributed by atoms with Gasteiger partial charge in [-0.05, 0) is 61.5 Å². The van der Waals surface area contributed by atoms with E-state index in [4.69, 9.17) is 22.3 Å². The Labute approximate surface area is 175 Å². The van der Waals surface area contributed by atoms with Crippen molar-refractivity contribution in [3.05, 3.63) is 70.1 Å². The Bertz CT molecular complexity index is 1030. The molecule has 0 radical (unpaired) electrons. The number of aromatic nitrogens is 2. The zero-order valence-corrected chi connectivity index (χ0v) is 17.2. The van der Waals surface area contributed by atoms with Gasteiger partial charge in [0.05, 0.1) is 16.8 Å². The molecule has 2 aromatic carbocycles. The number of hydrogen-bond donors (Lipinski definition) is 2. The molecule has 0 spiro atoms. The quantitative estimate of drug-likeness (QED) is 0.621. The molecule has 1 aliphatic rings. The number of carbonyl (C=O) groups is 1. The number of benzene rings is 2. The number of fused-ring (bicyclic) bond motifs is 1. The molecule has 3 N–H and O–H groups in total. The third-order valence-corrected chi connectivity index (χ3v) is 5.95. The van der Waals surface area contributed by atoms with Gasteiger partial charge in [0.2, 0.25) is 0 Å². The van der Waals surface area contributed by atoms with Gasteiger partial charge < -0.3 is 11.1 Å². The first kappa shape index (κ1) is 19.8. The van der Waals surface area contributed by atoms with E-state index < -0.39 is 5.91 Å². The van der Waals surface area contributed by atoms with Crippen LogP contribution in [-0.4, -0.2) is 29.0 Å². The third kappa shape index (κ3) is 4.26. The van der Waals surface area contributed by atoms with Crippen molar-refractivity contribution in [3.8, 4) is 0 Å². The Morgan fingerprint density at radius 1 is 1.21 bits per heavy atom. The SMILES string of the molecule is CCc1nc(C[C@H](CC2CNC2)c2ccc(Cl)cc2)c2cccc(C(N)=O)c2n1. The van der Waals surface area contributed by atoms with E-state index in [0.29, 0.717) is 29.3 Å². The van der Waals surface area contributed by atoms with E-state index in [2.05, 4.69) is 22.4 Å². The number of halogens is 1. The smallest absolute Gasteiger partial charge is 0.250 e. The van der Waals surface area contributed by atoms with Gasteiger partial charge in [0.15, 0.2) is 0 Å². The fourth-order valence-corrected chi connectivity index (χ4v) is 4.13. The molecule has 4 rings (SSSR count). The van der Waals surface area contributed by atoms with E-state index in [1.54, 1.807) is 6.07 Å². The van der Waals surface area contributed by atoms with E-state index in [1.807, 2.05) is 31.2 Å². The van der Waals surface area contributed by atoms with Crippen LogP contribution < -0.4 is 11.1 Å². The van der Waals surface area contributed by atoms with E-state index in [9.17, 15) is 4.79 Å². The molecule has 29 heavy (non-hydrogen) atoms. The van der Waals surface area contributed by atoms with Crippen molar-refractivity contribution in [3.63, 3.8) is 0 Å². The molecule has 2 heterocycles. The van der Waals surface area contributed by atoms with Gasteiger partial charge in [-0.25, -0.2) is 9.97 Å². The van der Waals surface area contributed by atoms with Crippen LogP contribution in [0.1, 0.15) is 46.7 Å². The molecule has 0 bridgehead atoms. The number of nitrogens with two attached hydrogens (primary N) is 1. The molecule has 1 saturated heterocycles. The monoisotopic (exact) mass is 408 g/mol. The van der Waals surface area contributed by atoms with Crippen molar-refractivity contribution in [1.82, 2.24) is 15.3 Å². The maximum atomic E-state index is 11.9. The molecule has 150 valence electrons. The Hall–Kier alpha value is -2.50. The number of nitrogens with zero attached hydrogens (tertiary/aromatic N) is 2. The van der Waals surface area contributed by atoms with Gasteiger partial charge in [0.1, 0.15) is 5.82 Å². The first-order valence-corrected chi connectivity index (χ1v) is 10.5. The third-order valence-electron chi connectivity index (χ3n) is 5.70. The van der Waals surface area contributed by atoms with Gasteiger partial charge in [-0.15, -0.1) is 0 Å². The zero-order valence-electron chi connectivity index (χ0n) is 16.5. The van der Waals surface area contributed by atoms with E-state index in [1.165, 1.54) is 5.56 Å². The summed E-state index contributed by atoms with van der Waals surface area (Å²) in [6.45, 7) is 4.13. The summed E-state index contributed by atoms with van der Waals surface area (Å²) in [5.74, 6) is 1.26. The molecule has 5 nitrogen and oxygen atoms in total. The fourth-order valence-electron chi connectivity index (χ4n) is 4.00. The summed E-state index contributed by atoms with van der Waals surface area (Å²) in [6, 6.07) is 13.7. The average Bonchev–Trinajstić information content (AvgIpc) is 2.69. The second-order valence-electron chi connectivity index (χ2n) is 7.72. The number of hydrogen-bond acceptors (Lipinski definition) is 4. The minimum atomic E-state index is -0.461. The number of primary amides is 1. The molecule has 1 fully saturated rings. The Morgan fingerprint density at radius 2 is 1.97 bits per heavy atom. The maximum absolute atomic E-state index is 11.9. The minimum absolute atomic E-state index is 0.319. The Morgan fingerprint density at radius 3 is 2.59 bits per heavy atom. The molecule has 0 unspecified atom stereocenters. The van der Waals surface area contributed by atoms with Crippen molar-refractivity contribution in [2.24, 2.45) is 11.7 Å². The Balaban J connectivity index is 1.77. The van der Waals surface area contributed by atoms with Crippen LogP contribution >= 0.6 is 11.6 Å². The molecule has 0 aliphatic carbocycles. The molecule has 1 aromatic heterocycles. The highest BCUT2D eigenvalue weighted by Gasteiger charge is 2.25. The van der Waals surface area contributed by atoms with Gasteiger partial charge in [0, 0.05) is 16.8 Å². The summed E-state index contributed by atoms with van der Waals surface area (Å²) in [4.78, 5) is 21.4. The molecule has 1 aliphatic heterocycles. The normalized spacial score (nSPS) is 15.2. The van der Waals surface area contributed by atoms with Gasteiger partial charge in [-0.3, -0.25) is 4.79 Å². The van der Waals surface area contributed by atoms with Crippen LogP contribution in [0.5, 0.6) is 0 Å². The van der Waals surface area contributed by atoms with Crippen molar-refractivity contribution >= 4 is 28.4 Å². The van der Waals surface area contributed by atoms with E-state index in [0.717, 1.165) is 47.9 Å². The van der Waals surface area contributed by atoms with Crippen LogP contribution in [0.4, 0.5) is 0 Å². The number of amides is 1. The molecule has 3 aromatic rings. The standard InChI is InChI=1S/C23H25ClN4O/c1-2-21-27-20(18-4-3-5-19(23(25)29)22(18)28-21)11-16(10-14-12-26-13-14)15-6-8-17(24)9-7-15/h3-9,14,16,26H,2,10-13H2,1H3,(H2,25,29)/t16-/m0/s1. The average molecular weight is 409 g/mol. The molecular weight excluding hydrogens is 384 g/mol. The number of para-hydroxylation sites is 1. The number of aryl methyl sites for hydroxylation is 1. The highest BCUT2D eigenvalue weighted by Crippen LogP contribution is 2.32. The predicted octanol–water partition coefficient (Wildman–Crippen LogP) is 3.88. The minimum Gasteiger partial charge on any atom is -0.366 e. The second kappa shape index (κ2) is 8.47. The lowest BCUT2D eigenvalue weighted by molar-refractivity contribution is 0.100. The highest BCUT2D eigenvalue weighted by atomic mass is 35.5. The topological polar surface area (TPSA) is 80.9 Å². The van der Waals surface area contributed by atoms with Crippen LogP contribution in [0.25, 0.3) is 10.9 Å². The summed E-state index contributed by atoms with van der Waals surface area (Å²) in [5, 5.41) is 5.01. The zero-order chi connectivity index (χ0) is 20.4. The van der Waals surface area contributed by atoms with Gasteiger partial charge in [-0.1, -0.05) is 42.8 Å². The first-order valence-electron chi connectivity index (χ1n) is 10.1. The van der Waals surface area contributed by atoms with Crippen LogP contribution in [0.2, 0.25) is 5.02 Å². The first-order chi connectivity index (χ1) is 14.0. The van der Waals surface area contributed by atoms with Crippen LogP contribution in [-0.2, 0) is 12.8 Å². The van der Waals surface area contributed by atoms with Crippen molar-refractivity contribution in [2.75, 3.05) is 13.1 Å². The maximum Gasteiger partial charge on any atom is 0.250 e. The molecule has 0 saturated carbocycles. The van der Waals surface area contributed by atoms with E-state index >= 15 is 0 Å². The Kier molecular flexibility index (Phi) is 5.79. The number of nitrogens with one attached hydrogen (secondary N) is 1. The highest BCUT2D eigenvalue weighted by molar-refractivity contribution is 6.30. The number of rotatable bonds is 7. The molecule has 6 heteroatoms. The van der Waals surface area contributed by atoms with Gasteiger partial charge >= 0.3 is 0 Å². The molecule has 1 amide bonds. The van der Waals surface area contributed by atoms with Crippen molar-refractivity contribution in [2.45, 2.75) is 32.1 Å². The van der Waals surface area contributed by atoms with Crippen LogP contribution in [0.15, 0.2) is 42.5 Å². The summed E-state index contributed by atoms with van der Waals surface area (Å²) in [6.07, 6.45) is 2.57. The van der Waals surface area contributed by atoms with Gasteiger partial charge in [0.25, 0.3) is 5.91 Å². The summed E-state index contributed by atoms with van der Waals surface area (Å²) >= 11 is 6.11. The predicted molar refractivity (Wildman–Crippen MR) is 116 cm³/mol. The van der Waals surface area contributed by atoms with Crippen LogP contribution in [0.3, 0.4) is 0 Å². The lowest BCUT2D eigenvalue weighted by atomic mass is 9.82. The van der Waals surface area contributed by atoms with Crippen LogP contribution in [0, 0.1) is 5.92 Å². The second-order valence-corrected chi connectivity index (χ2v) is 8.16. The lowest BCUT2D eigenvalue weighted by Crippen LogP contribution is -2.42. The van der Waals surface area contributed by atoms with Crippen molar-refractivity contribution in [1.29, 1.82) is 0 Å². The van der Waals surface area contributed by atoms with Gasteiger partial charge in [-0.2, -0.15) is 0 Å². The summed E-state index contributed by atoms with van der Waals surface area (Å²) < 4.78 is 0. The van der Waals surface area contributed by atoms with E-state index in [-0.39, 0.29) is 0 Å². The molecular formula is C23H25ClN4O. The lowest BCUT2D eigenvalue weighted by Gasteiger charge is -2.31. The number of carbonyl (C=O) groups excluding carboxylic acids is 1. The molecule has 1 atom stereocenters. The fraction of sp³-hybridized carbons (Fsp3) is 0.348. The largest absolute Gasteiger partial charge is 0.366 e. The van der Waals surface area contributed by atoms with Crippen molar-refractivity contribution < 1.29 is 4.79 Å². The summed E-state index contributed by atoms with van der Waals surface area (Å²) in [7, 11) is 0.